The van der Waals surface area contributed by atoms with E-state index < -0.39 is 0 Å². The molecular formula is C22H23NO4. The van der Waals surface area contributed by atoms with Gasteiger partial charge in [0.2, 0.25) is 5.91 Å². The number of rotatable bonds is 6. The fourth-order valence-electron chi connectivity index (χ4n) is 3.60. The molecule has 4 rings (SSSR count). The number of amides is 1. The molecule has 1 atom stereocenters. The summed E-state index contributed by atoms with van der Waals surface area (Å²) in [5.74, 6) is 1.29. The van der Waals surface area contributed by atoms with E-state index in [4.69, 9.17) is 9.47 Å². The standard InChI is InChI=1S/C22H23NO4/c24-19(17-9-8-15-4-3-5-16(15)12-17)10-11-22(25)23-13-18-14-26-20-6-1-2-7-21(20)27-18/h1-2,6-9,12,18H,3-5,10-11,13-14H2,(H,23,25)/t18-/m0/s1. The van der Waals surface area contributed by atoms with Gasteiger partial charge in [0.1, 0.15) is 12.7 Å². The Kier molecular flexibility index (Phi) is 5.10. The van der Waals surface area contributed by atoms with Gasteiger partial charge < -0.3 is 14.8 Å². The highest BCUT2D eigenvalue weighted by Crippen LogP contribution is 2.30. The van der Waals surface area contributed by atoms with Crippen molar-refractivity contribution in [2.24, 2.45) is 0 Å². The van der Waals surface area contributed by atoms with Crippen molar-refractivity contribution in [2.75, 3.05) is 13.2 Å². The fraction of sp³-hybridized carbons (Fsp3) is 0.364. The van der Waals surface area contributed by atoms with Crippen LogP contribution in [-0.4, -0.2) is 30.9 Å². The lowest BCUT2D eigenvalue weighted by atomic mass is 10.0. The third-order valence-corrected chi connectivity index (χ3v) is 5.09. The summed E-state index contributed by atoms with van der Waals surface area (Å²) in [5.41, 5.74) is 3.34. The van der Waals surface area contributed by atoms with Gasteiger partial charge in [0.05, 0.1) is 6.54 Å². The highest BCUT2D eigenvalue weighted by atomic mass is 16.6. The Bertz CT molecular complexity index is 861. The third kappa shape index (κ3) is 4.13. The molecule has 0 radical (unpaired) electrons. The second-order valence-corrected chi connectivity index (χ2v) is 7.06. The van der Waals surface area contributed by atoms with E-state index >= 15 is 0 Å². The first-order valence-electron chi connectivity index (χ1n) is 9.49. The van der Waals surface area contributed by atoms with Gasteiger partial charge in [-0.2, -0.15) is 0 Å². The molecule has 1 amide bonds. The Morgan fingerprint density at radius 2 is 1.81 bits per heavy atom. The number of hydrogen-bond acceptors (Lipinski definition) is 4. The topological polar surface area (TPSA) is 64.6 Å². The van der Waals surface area contributed by atoms with E-state index in [0.717, 1.165) is 25.0 Å². The van der Waals surface area contributed by atoms with Gasteiger partial charge in [0.15, 0.2) is 17.3 Å². The molecule has 2 aromatic rings. The molecule has 1 aliphatic carbocycles. The minimum atomic E-state index is -0.226. The maximum atomic E-state index is 12.4. The van der Waals surface area contributed by atoms with E-state index in [2.05, 4.69) is 5.32 Å². The monoisotopic (exact) mass is 365 g/mol. The van der Waals surface area contributed by atoms with Gasteiger partial charge in [-0.25, -0.2) is 0 Å². The Morgan fingerprint density at radius 3 is 2.70 bits per heavy atom. The molecule has 27 heavy (non-hydrogen) atoms. The number of hydrogen-bond donors (Lipinski definition) is 1. The number of carbonyl (C=O) groups is 2. The molecule has 1 heterocycles. The molecule has 0 fully saturated rings. The quantitative estimate of drug-likeness (QED) is 0.799. The maximum absolute atomic E-state index is 12.4. The van der Waals surface area contributed by atoms with Crippen LogP contribution in [0, 0.1) is 0 Å². The summed E-state index contributed by atoms with van der Waals surface area (Å²) in [6, 6.07) is 13.4. The van der Waals surface area contributed by atoms with Crippen molar-refractivity contribution < 1.29 is 19.1 Å². The van der Waals surface area contributed by atoms with Gasteiger partial charge in [-0.05, 0) is 48.6 Å². The predicted octanol–water partition coefficient (Wildman–Crippen LogP) is 3.09. The Hall–Kier alpha value is -2.82. The molecule has 5 nitrogen and oxygen atoms in total. The lowest BCUT2D eigenvalue weighted by Gasteiger charge is -2.26. The van der Waals surface area contributed by atoms with Gasteiger partial charge >= 0.3 is 0 Å². The van der Waals surface area contributed by atoms with E-state index in [0.29, 0.717) is 24.5 Å². The van der Waals surface area contributed by atoms with Crippen LogP contribution >= 0.6 is 0 Å². The normalized spacial score (nSPS) is 17.3. The third-order valence-electron chi connectivity index (χ3n) is 5.09. The number of fused-ring (bicyclic) bond motifs is 2. The Labute approximate surface area is 158 Å². The van der Waals surface area contributed by atoms with Crippen molar-refractivity contribution in [1.29, 1.82) is 0 Å². The van der Waals surface area contributed by atoms with E-state index in [1.165, 1.54) is 11.1 Å². The average molecular weight is 365 g/mol. The number of ether oxygens (including phenoxy) is 2. The lowest BCUT2D eigenvalue weighted by Crippen LogP contribution is -2.40. The molecule has 140 valence electrons. The van der Waals surface area contributed by atoms with Crippen LogP contribution in [0.4, 0.5) is 0 Å². The highest BCUT2D eigenvalue weighted by molar-refractivity contribution is 5.98. The molecule has 2 aliphatic rings. The second-order valence-electron chi connectivity index (χ2n) is 7.06. The number of para-hydroxylation sites is 2. The number of nitrogens with one attached hydrogen (secondary N) is 1. The summed E-state index contributed by atoms with van der Waals surface area (Å²) >= 11 is 0. The van der Waals surface area contributed by atoms with Crippen molar-refractivity contribution in [3.63, 3.8) is 0 Å². The smallest absolute Gasteiger partial charge is 0.220 e. The van der Waals surface area contributed by atoms with Crippen LogP contribution < -0.4 is 14.8 Å². The molecule has 0 spiro atoms. The summed E-state index contributed by atoms with van der Waals surface area (Å²) in [6.07, 6.45) is 3.48. The van der Waals surface area contributed by atoms with E-state index in [1.54, 1.807) is 0 Å². The van der Waals surface area contributed by atoms with Crippen LogP contribution in [-0.2, 0) is 17.6 Å². The summed E-state index contributed by atoms with van der Waals surface area (Å²) in [6.45, 7) is 0.756. The van der Waals surface area contributed by atoms with E-state index in [1.807, 2.05) is 42.5 Å². The molecule has 0 saturated carbocycles. The van der Waals surface area contributed by atoms with Crippen LogP contribution in [0.15, 0.2) is 42.5 Å². The van der Waals surface area contributed by atoms with Crippen molar-refractivity contribution in [3.05, 3.63) is 59.2 Å². The minimum Gasteiger partial charge on any atom is -0.486 e. The van der Waals surface area contributed by atoms with Crippen LogP contribution in [0.3, 0.4) is 0 Å². The number of carbonyl (C=O) groups excluding carboxylic acids is 2. The van der Waals surface area contributed by atoms with Gasteiger partial charge in [-0.1, -0.05) is 24.3 Å². The zero-order valence-electron chi connectivity index (χ0n) is 15.2. The Balaban J connectivity index is 1.23. The summed E-state index contributed by atoms with van der Waals surface area (Å²) < 4.78 is 11.4. The molecule has 1 N–H and O–H groups in total. The summed E-state index contributed by atoms with van der Waals surface area (Å²) in [4.78, 5) is 24.5. The molecule has 1 aliphatic heterocycles. The number of benzene rings is 2. The SMILES string of the molecule is O=C(CCC(=O)c1ccc2c(c1)CCC2)NC[C@H]1COc2ccccc2O1. The summed E-state index contributed by atoms with van der Waals surface area (Å²) in [5, 5.41) is 2.84. The lowest BCUT2D eigenvalue weighted by molar-refractivity contribution is -0.121. The number of Topliss-reactive ketones (excluding diaryl/α,β-unsaturated/α-hetero) is 1. The summed E-state index contributed by atoms with van der Waals surface area (Å²) in [7, 11) is 0. The van der Waals surface area contributed by atoms with Gasteiger partial charge in [0.25, 0.3) is 0 Å². The predicted molar refractivity (Wildman–Crippen MR) is 101 cm³/mol. The Morgan fingerprint density at radius 1 is 1.00 bits per heavy atom. The van der Waals surface area contributed by atoms with Crippen molar-refractivity contribution in [1.82, 2.24) is 5.32 Å². The minimum absolute atomic E-state index is 0.0195. The van der Waals surface area contributed by atoms with Crippen molar-refractivity contribution >= 4 is 11.7 Å². The van der Waals surface area contributed by atoms with Crippen molar-refractivity contribution in [2.45, 2.75) is 38.2 Å². The zero-order valence-corrected chi connectivity index (χ0v) is 15.2. The molecule has 5 heteroatoms. The molecular weight excluding hydrogens is 342 g/mol. The molecule has 0 saturated heterocycles. The van der Waals surface area contributed by atoms with E-state index in [-0.39, 0.29) is 30.6 Å². The zero-order chi connectivity index (χ0) is 18.6. The maximum Gasteiger partial charge on any atom is 0.220 e. The van der Waals surface area contributed by atoms with Crippen LogP contribution in [0.5, 0.6) is 11.5 Å². The molecule has 0 unspecified atom stereocenters. The van der Waals surface area contributed by atoms with Crippen LogP contribution in [0.1, 0.15) is 40.7 Å². The second kappa shape index (κ2) is 7.82. The highest BCUT2D eigenvalue weighted by Gasteiger charge is 2.21. The largest absolute Gasteiger partial charge is 0.486 e. The average Bonchev–Trinajstić information content (AvgIpc) is 3.18. The number of aryl methyl sites for hydroxylation is 2. The van der Waals surface area contributed by atoms with Gasteiger partial charge in [-0.3, -0.25) is 9.59 Å². The molecule has 0 bridgehead atoms. The number of ketones is 1. The molecule has 2 aromatic carbocycles. The van der Waals surface area contributed by atoms with Crippen molar-refractivity contribution in [3.8, 4) is 11.5 Å². The fourth-order valence-corrected chi connectivity index (χ4v) is 3.60. The van der Waals surface area contributed by atoms with E-state index in [9.17, 15) is 9.59 Å². The first kappa shape index (κ1) is 17.6. The first-order chi connectivity index (χ1) is 13.2. The van der Waals surface area contributed by atoms with Crippen LogP contribution in [0.25, 0.3) is 0 Å². The first-order valence-corrected chi connectivity index (χ1v) is 9.49. The van der Waals surface area contributed by atoms with Crippen LogP contribution in [0.2, 0.25) is 0 Å². The van der Waals surface area contributed by atoms with Gasteiger partial charge in [-0.15, -0.1) is 0 Å². The molecule has 0 aromatic heterocycles. The van der Waals surface area contributed by atoms with Gasteiger partial charge in [0, 0.05) is 18.4 Å².